The summed E-state index contributed by atoms with van der Waals surface area (Å²) in [7, 11) is 0. The standard InChI is InChI=1S/C16H14N6O4S4/c1-2-27-15-21-19-13(29-15)17-11(23)6-28-16-22-20-14(30-16)18-12(24)8-3-4-9-10(5-8)26-7-25-9/h3-5H,2,6-7H2,1H3,(H,17,19,23)(H,18,20,24). The van der Waals surface area contributed by atoms with E-state index in [2.05, 4.69) is 31.0 Å². The van der Waals surface area contributed by atoms with E-state index >= 15 is 0 Å². The van der Waals surface area contributed by atoms with E-state index in [9.17, 15) is 9.59 Å². The monoisotopic (exact) mass is 482 g/mol. The third-order valence-corrected chi connectivity index (χ3v) is 7.34. The average molecular weight is 483 g/mol. The van der Waals surface area contributed by atoms with Crippen LogP contribution in [0, 0.1) is 0 Å². The molecule has 0 spiro atoms. The highest BCUT2D eigenvalue weighted by Crippen LogP contribution is 2.33. The zero-order valence-corrected chi connectivity index (χ0v) is 18.7. The van der Waals surface area contributed by atoms with Crippen molar-refractivity contribution in [3.8, 4) is 11.5 Å². The number of carbonyl (C=O) groups excluding carboxylic acids is 2. The summed E-state index contributed by atoms with van der Waals surface area (Å²) in [5.41, 5.74) is 0.417. The van der Waals surface area contributed by atoms with E-state index in [1.54, 1.807) is 30.0 Å². The molecule has 2 N–H and O–H groups in total. The fourth-order valence-electron chi connectivity index (χ4n) is 2.25. The van der Waals surface area contributed by atoms with Crippen LogP contribution in [0.5, 0.6) is 11.5 Å². The number of hydrogen-bond acceptors (Lipinski definition) is 12. The number of aromatic nitrogens is 4. The Morgan fingerprint density at radius 2 is 1.70 bits per heavy atom. The predicted molar refractivity (Wildman–Crippen MR) is 116 cm³/mol. The van der Waals surface area contributed by atoms with Crippen LogP contribution < -0.4 is 20.1 Å². The van der Waals surface area contributed by atoms with Gasteiger partial charge in [-0.15, -0.1) is 20.4 Å². The van der Waals surface area contributed by atoms with Gasteiger partial charge in [-0.1, -0.05) is 53.1 Å². The summed E-state index contributed by atoms with van der Waals surface area (Å²) in [6.07, 6.45) is 0. The zero-order valence-electron chi connectivity index (χ0n) is 15.4. The van der Waals surface area contributed by atoms with Crippen LogP contribution in [-0.4, -0.2) is 50.5 Å². The van der Waals surface area contributed by atoms with Crippen LogP contribution in [0.4, 0.5) is 10.3 Å². The summed E-state index contributed by atoms with van der Waals surface area (Å²) in [6, 6.07) is 4.93. The summed E-state index contributed by atoms with van der Waals surface area (Å²) in [6.45, 7) is 2.16. The topological polar surface area (TPSA) is 128 Å². The maximum atomic E-state index is 12.4. The molecule has 2 aromatic heterocycles. The molecule has 2 amide bonds. The number of amides is 2. The van der Waals surface area contributed by atoms with Crippen molar-refractivity contribution in [3.63, 3.8) is 0 Å². The third-order valence-electron chi connectivity index (χ3n) is 3.51. The number of anilines is 2. The molecule has 30 heavy (non-hydrogen) atoms. The van der Waals surface area contributed by atoms with Gasteiger partial charge in [0, 0.05) is 5.56 Å². The molecule has 0 bridgehead atoms. The Bertz CT molecular complexity index is 1070. The molecular formula is C16H14N6O4S4. The minimum absolute atomic E-state index is 0.139. The van der Waals surface area contributed by atoms with Gasteiger partial charge in [-0.3, -0.25) is 20.2 Å². The first-order chi connectivity index (χ1) is 14.6. The van der Waals surface area contributed by atoms with Crippen LogP contribution >= 0.6 is 46.2 Å². The Kier molecular flexibility index (Phi) is 6.66. The second-order valence-corrected chi connectivity index (χ2v) is 10.2. The van der Waals surface area contributed by atoms with Crippen molar-refractivity contribution in [3.05, 3.63) is 23.8 Å². The van der Waals surface area contributed by atoms with Gasteiger partial charge in [0.05, 0.1) is 5.75 Å². The van der Waals surface area contributed by atoms with Gasteiger partial charge in [0.25, 0.3) is 5.91 Å². The smallest absolute Gasteiger partial charge is 0.257 e. The lowest BCUT2D eigenvalue weighted by atomic mass is 10.2. The van der Waals surface area contributed by atoms with Gasteiger partial charge in [-0.2, -0.15) is 0 Å². The van der Waals surface area contributed by atoms with E-state index in [0.29, 0.717) is 31.7 Å². The summed E-state index contributed by atoms with van der Waals surface area (Å²) in [5.74, 6) is 1.61. The highest BCUT2D eigenvalue weighted by Gasteiger charge is 2.18. The Hall–Kier alpha value is -2.42. The van der Waals surface area contributed by atoms with Crippen molar-refractivity contribution in [2.24, 2.45) is 0 Å². The number of hydrogen-bond donors (Lipinski definition) is 2. The molecule has 1 aromatic carbocycles. The van der Waals surface area contributed by atoms with Crippen LogP contribution in [0.3, 0.4) is 0 Å². The zero-order chi connectivity index (χ0) is 20.9. The molecule has 14 heteroatoms. The van der Waals surface area contributed by atoms with Crippen LogP contribution in [-0.2, 0) is 4.79 Å². The van der Waals surface area contributed by atoms with Gasteiger partial charge in [-0.25, -0.2) is 0 Å². The number of nitrogens with one attached hydrogen (secondary N) is 2. The molecule has 0 saturated heterocycles. The lowest BCUT2D eigenvalue weighted by molar-refractivity contribution is -0.113. The van der Waals surface area contributed by atoms with Crippen molar-refractivity contribution in [2.45, 2.75) is 15.6 Å². The Balaban J connectivity index is 1.27. The normalized spacial score (nSPS) is 12.0. The van der Waals surface area contributed by atoms with Gasteiger partial charge in [0.1, 0.15) is 0 Å². The lowest BCUT2D eigenvalue weighted by Crippen LogP contribution is -2.13. The van der Waals surface area contributed by atoms with E-state index in [-0.39, 0.29) is 24.4 Å². The molecule has 3 aromatic rings. The van der Waals surface area contributed by atoms with Crippen molar-refractivity contribution >= 4 is 68.3 Å². The van der Waals surface area contributed by atoms with Crippen LogP contribution in [0.25, 0.3) is 0 Å². The maximum absolute atomic E-state index is 12.4. The van der Waals surface area contributed by atoms with Crippen LogP contribution in [0.15, 0.2) is 26.9 Å². The molecule has 0 radical (unpaired) electrons. The predicted octanol–water partition coefficient (Wildman–Crippen LogP) is 3.21. The Morgan fingerprint density at radius 3 is 2.47 bits per heavy atom. The van der Waals surface area contributed by atoms with Crippen LogP contribution in [0.2, 0.25) is 0 Å². The average Bonchev–Trinajstić information content (AvgIpc) is 3.47. The molecular weight excluding hydrogens is 468 g/mol. The first-order valence-corrected chi connectivity index (χ1v) is 12.1. The van der Waals surface area contributed by atoms with Crippen molar-refractivity contribution in [1.29, 1.82) is 0 Å². The van der Waals surface area contributed by atoms with Gasteiger partial charge in [-0.05, 0) is 24.0 Å². The van der Waals surface area contributed by atoms with Crippen molar-refractivity contribution < 1.29 is 19.1 Å². The summed E-state index contributed by atoms with van der Waals surface area (Å²) in [4.78, 5) is 24.5. The molecule has 4 rings (SSSR count). The highest BCUT2D eigenvalue weighted by atomic mass is 32.2. The first-order valence-electron chi connectivity index (χ1n) is 8.54. The van der Waals surface area contributed by atoms with E-state index in [4.69, 9.17) is 9.47 Å². The number of carbonyl (C=O) groups is 2. The Labute approximate surface area is 187 Å². The minimum atomic E-state index is -0.337. The number of ether oxygens (including phenoxy) is 2. The highest BCUT2D eigenvalue weighted by molar-refractivity contribution is 8.01. The molecule has 0 saturated carbocycles. The number of nitrogens with zero attached hydrogens (tertiary/aromatic N) is 4. The summed E-state index contributed by atoms with van der Waals surface area (Å²) in [5, 5.41) is 22.1. The van der Waals surface area contributed by atoms with Gasteiger partial charge in [0.15, 0.2) is 20.2 Å². The minimum Gasteiger partial charge on any atom is -0.454 e. The SMILES string of the molecule is CCSc1nnc(NC(=O)CSc2nnc(NC(=O)c3ccc4c(c3)OCO4)s2)s1. The number of fused-ring (bicyclic) bond motifs is 1. The molecule has 0 fully saturated rings. The Morgan fingerprint density at radius 1 is 1.00 bits per heavy atom. The van der Waals surface area contributed by atoms with E-state index in [1.165, 1.54) is 34.4 Å². The third kappa shape index (κ3) is 5.19. The van der Waals surface area contributed by atoms with Gasteiger partial charge < -0.3 is 9.47 Å². The van der Waals surface area contributed by atoms with E-state index in [0.717, 1.165) is 10.1 Å². The summed E-state index contributed by atoms with van der Waals surface area (Å²) >= 11 is 5.31. The second kappa shape index (κ2) is 9.59. The molecule has 156 valence electrons. The molecule has 0 atom stereocenters. The molecule has 3 heterocycles. The van der Waals surface area contributed by atoms with E-state index < -0.39 is 0 Å². The quantitative estimate of drug-likeness (QED) is 0.365. The fourth-order valence-corrected chi connectivity index (χ4v) is 5.46. The second-order valence-electron chi connectivity index (χ2n) is 5.54. The molecule has 1 aliphatic heterocycles. The van der Waals surface area contributed by atoms with E-state index in [1.807, 2.05) is 6.92 Å². The molecule has 0 unspecified atom stereocenters. The fraction of sp³-hybridized carbons (Fsp3) is 0.250. The molecule has 1 aliphatic rings. The largest absolute Gasteiger partial charge is 0.454 e. The number of benzene rings is 1. The maximum Gasteiger partial charge on any atom is 0.257 e. The number of thioether (sulfide) groups is 2. The first kappa shape index (κ1) is 20.8. The lowest BCUT2D eigenvalue weighted by Gasteiger charge is -2.02. The molecule has 0 aliphatic carbocycles. The summed E-state index contributed by atoms with van der Waals surface area (Å²) < 4.78 is 11.9. The van der Waals surface area contributed by atoms with Crippen molar-refractivity contribution in [1.82, 2.24) is 20.4 Å². The molecule has 10 nitrogen and oxygen atoms in total. The number of rotatable bonds is 8. The van der Waals surface area contributed by atoms with Crippen molar-refractivity contribution in [2.75, 3.05) is 28.9 Å². The van der Waals surface area contributed by atoms with Gasteiger partial charge in [0.2, 0.25) is 23.0 Å². The van der Waals surface area contributed by atoms with Gasteiger partial charge >= 0.3 is 0 Å². The van der Waals surface area contributed by atoms with Crippen LogP contribution in [0.1, 0.15) is 17.3 Å².